The van der Waals surface area contributed by atoms with Crippen molar-refractivity contribution >= 4 is 5.82 Å². The maximum absolute atomic E-state index is 3.97. The molecule has 0 spiro atoms. The number of H-pyrrole nitrogens is 1. The molecular weight excluding hydrogens is 102 g/mol. The van der Waals surface area contributed by atoms with Crippen LogP contribution in [0.3, 0.4) is 0 Å². The van der Waals surface area contributed by atoms with Crippen LogP contribution in [-0.2, 0) is 0 Å². The van der Waals surface area contributed by atoms with E-state index in [1.807, 2.05) is 14.0 Å². The van der Waals surface area contributed by atoms with Crippen LogP contribution in [0.15, 0.2) is 6.20 Å². The third-order valence-electron chi connectivity index (χ3n) is 0.972. The molecule has 0 saturated carbocycles. The average Bonchev–Trinajstić information content (AvgIpc) is 2.14. The number of anilines is 1. The van der Waals surface area contributed by atoms with Gasteiger partial charge in [0, 0.05) is 7.05 Å². The van der Waals surface area contributed by atoms with Crippen molar-refractivity contribution in [2.45, 2.75) is 6.92 Å². The molecule has 2 N–H and O–H groups in total. The van der Waals surface area contributed by atoms with Crippen LogP contribution in [0.2, 0.25) is 0 Å². The number of nitrogens with zero attached hydrogens (tertiary/aromatic N) is 1. The van der Waals surface area contributed by atoms with Gasteiger partial charge in [0.2, 0.25) is 0 Å². The van der Waals surface area contributed by atoms with E-state index in [4.69, 9.17) is 0 Å². The second kappa shape index (κ2) is 1.86. The van der Waals surface area contributed by atoms with E-state index in [0.29, 0.717) is 0 Å². The monoisotopic (exact) mass is 111 g/mol. The van der Waals surface area contributed by atoms with Crippen LogP contribution in [0.5, 0.6) is 0 Å². The third kappa shape index (κ3) is 0.804. The molecule has 0 aliphatic heterocycles. The Labute approximate surface area is 48.1 Å². The second-order valence-electron chi connectivity index (χ2n) is 1.63. The summed E-state index contributed by atoms with van der Waals surface area (Å²) in [5.74, 6) is 1.90. The van der Waals surface area contributed by atoms with E-state index in [1.165, 1.54) is 0 Å². The lowest BCUT2D eigenvalue weighted by atomic mass is 10.7. The Morgan fingerprint density at radius 3 is 2.75 bits per heavy atom. The summed E-state index contributed by atoms with van der Waals surface area (Å²) in [6.07, 6.45) is 1.76. The third-order valence-corrected chi connectivity index (χ3v) is 0.972. The van der Waals surface area contributed by atoms with Gasteiger partial charge in [0.15, 0.2) is 0 Å². The maximum atomic E-state index is 3.97. The highest BCUT2D eigenvalue weighted by molar-refractivity contribution is 5.30. The Balaban J connectivity index is 2.84. The van der Waals surface area contributed by atoms with Gasteiger partial charge in [-0.25, -0.2) is 4.98 Å². The molecule has 0 aliphatic rings. The topological polar surface area (TPSA) is 40.7 Å². The van der Waals surface area contributed by atoms with E-state index in [-0.39, 0.29) is 0 Å². The van der Waals surface area contributed by atoms with Crippen LogP contribution >= 0.6 is 0 Å². The van der Waals surface area contributed by atoms with Gasteiger partial charge >= 0.3 is 0 Å². The van der Waals surface area contributed by atoms with Gasteiger partial charge in [-0.05, 0) is 6.92 Å². The molecule has 0 amide bonds. The quantitative estimate of drug-likeness (QED) is 0.561. The van der Waals surface area contributed by atoms with Crippen molar-refractivity contribution in [2.75, 3.05) is 12.4 Å². The van der Waals surface area contributed by atoms with Crippen molar-refractivity contribution < 1.29 is 0 Å². The minimum absolute atomic E-state index is 0.939. The van der Waals surface area contributed by atoms with Crippen LogP contribution in [-0.4, -0.2) is 17.0 Å². The Hall–Kier alpha value is -0.990. The van der Waals surface area contributed by atoms with Crippen LogP contribution in [0, 0.1) is 6.92 Å². The first-order chi connectivity index (χ1) is 3.83. The van der Waals surface area contributed by atoms with Crippen molar-refractivity contribution in [2.24, 2.45) is 0 Å². The highest BCUT2D eigenvalue weighted by Gasteiger charge is 1.88. The summed E-state index contributed by atoms with van der Waals surface area (Å²) in [6.45, 7) is 1.92. The largest absolute Gasteiger partial charge is 0.373 e. The van der Waals surface area contributed by atoms with Crippen LogP contribution < -0.4 is 5.32 Å². The van der Waals surface area contributed by atoms with Gasteiger partial charge in [-0.15, -0.1) is 0 Å². The second-order valence-corrected chi connectivity index (χ2v) is 1.63. The van der Waals surface area contributed by atoms with Gasteiger partial charge in [0.25, 0.3) is 0 Å². The van der Waals surface area contributed by atoms with E-state index in [9.17, 15) is 0 Å². The summed E-state index contributed by atoms with van der Waals surface area (Å²) in [6, 6.07) is 0. The fraction of sp³-hybridized carbons (Fsp3) is 0.400. The first-order valence-electron chi connectivity index (χ1n) is 2.52. The fourth-order valence-corrected chi connectivity index (χ4v) is 0.548. The number of rotatable bonds is 1. The molecule has 1 aromatic heterocycles. The molecule has 1 heterocycles. The number of nitrogens with one attached hydrogen (secondary N) is 2. The number of aromatic amines is 1. The molecule has 1 rings (SSSR count). The van der Waals surface area contributed by atoms with Gasteiger partial charge < -0.3 is 10.3 Å². The predicted molar refractivity (Wildman–Crippen MR) is 32.9 cm³/mol. The molecule has 0 aromatic carbocycles. The van der Waals surface area contributed by atoms with Gasteiger partial charge in [-0.3, -0.25) is 0 Å². The lowest BCUT2D eigenvalue weighted by Crippen LogP contribution is -1.85. The molecule has 0 bridgehead atoms. The minimum Gasteiger partial charge on any atom is -0.373 e. The van der Waals surface area contributed by atoms with E-state index in [2.05, 4.69) is 15.3 Å². The summed E-state index contributed by atoms with van der Waals surface area (Å²) in [5, 5.41) is 2.93. The van der Waals surface area contributed by atoms with Gasteiger partial charge in [0.1, 0.15) is 11.6 Å². The molecule has 0 saturated heterocycles. The predicted octanol–water partition coefficient (Wildman–Crippen LogP) is 0.760. The summed E-state index contributed by atoms with van der Waals surface area (Å²) in [7, 11) is 1.85. The van der Waals surface area contributed by atoms with E-state index < -0.39 is 0 Å². The average molecular weight is 111 g/mol. The first kappa shape index (κ1) is 5.15. The number of hydrogen-bond donors (Lipinski definition) is 2. The standard InChI is InChI=1S/C5H9N3/c1-4-7-3-5(6-2)8-4/h3,6H,1-2H3,(H,7,8). The first-order valence-corrected chi connectivity index (χ1v) is 2.52. The molecule has 0 atom stereocenters. The SMILES string of the molecule is CNc1cnc(C)[nH]1. The molecule has 0 fully saturated rings. The zero-order valence-electron chi connectivity index (χ0n) is 5.02. The zero-order valence-corrected chi connectivity index (χ0v) is 5.02. The minimum atomic E-state index is 0.939. The van der Waals surface area contributed by atoms with Crippen LogP contribution in [0.4, 0.5) is 5.82 Å². The fourth-order valence-electron chi connectivity index (χ4n) is 0.548. The summed E-state index contributed by atoms with van der Waals surface area (Å²) in [4.78, 5) is 6.97. The molecule has 1 aromatic rings. The van der Waals surface area contributed by atoms with E-state index in [0.717, 1.165) is 11.6 Å². The maximum Gasteiger partial charge on any atom is 0.123 e. The van der Waals surface area contributed by atoms with E-state index in [1.54, 1.807) is 6.20 Å². The van der Waals surface area contributed by atoms with Gasteiger partial charge in [-0.2, -0.15) is 0 Å². The number of imidazole rings is 1. The number of aryl methyl sites for hydroxylation is 1. The molecule has 8 heavy (non-hydrogen) atoms. The van der Waals surface area contributed by atoms with E-state index >= 15 is 0 Å². The van der Waals surface area contributed by atoms with Crippen molar-refractivity contribution in [1.29, 1.82) is 0 Å². The normalized spacial score (nSPS) is 9.25. The molecule has 0 radical (unpaired) electrons. The Morgan fingerprint density at radius 1 is 1.75 bits per heavy atom. The highest BCUT2D eigenvalue weighted by Crippen LogP contribution is 1.98. The molecule has 3 heteroatoms. The van der Waals surface area contributed by atoms with Crippen molar-refractivity contribution in [3.05, 3.63) is 12.0 Å². The van der Waals surface area contributed by atoms with Crippen LogP contribution in [0.25, 0.3) is 0 Å². The van der Waals surface area contributed by atoms with Crippen molar-refractivity contribution in [1.82, 2.24) is 9.97 Å². The van der Waals surface area contributed by atoms with Crippen molar-refractivity contribution in [3.63, 3.8) is 0 Å². The van der Waals surface area contributed by atoms with Gasteiger partial charge in [0.05, 0.1) is 6.20 Å². The smallest absolute Gasteiger partial charge is 0.123 e. The lowest BCUT2D eigenvalue weighted by molar-refractivity contribution is 1.15. The number of aromatic nitrogens is 2. The molecule has 3 nitrogen and oxygen atoms in total. The number of hydrogen-bond acceptors (Lipinski definition) is 2. The summed E-state index contributed by atoms with van der Waals surface area (Å²) >= 11 is 0. The van der Waals surface area contributed by atoms with Crippen LogP contribution in [0.1, 0.15) is 5.82 Å². The Kier molecular flexibility index (Phi) is 1.20. The summed E-state index contributed by atoms with van der Waals surface area (Å²) < 4.78 is 0. The van der Waals surface area contributed by atoms with Crippen molar-refractivity contribution in [3.8, 4) is 0 Å². The van der Waals surface area contributed by atoms with Gasteiger partial charge in [-0.1, -0.05) is 0 Å². The Morgan fingerprint density at radius 2 is 2.50 bits per heavy atom. The highest BCUT2D eigenvalue weighted by atomic mass is 15.0. The molecule has 0 unspecified atom stereocenters. The summed E-state index contributed by atoms with van der Waals surface area (Å²) in [5.41, 5.74) is 0. The zero-order chi connectivity index (χ0) is 5.98. The lowest BCUT2D eigenvalue weighted by Gasteiger charge is -1.87. The Bertz CT molecular complexity index is 168. The molecule has 0 aliphatic carbocycles. The molecule has 44 valence electrons. The molecular formula is C5H9N3.